The monoisotopic (exact) mass is 526 g/mol. The minimum Gasteiger partial charge on any atom is -0.480 e. The van der Waals surface area contributed by atoms with E-state index in [1.807, 2.05) is 0 Å². The molecule has 2 heterocycles. The quantitative estimate of drug-likeness (QED) is 0.269. The number of hydrogen-bond donors (Lipinski definition) is 1. The highest BCUT2D eigenvalue weighted by molar-refractivity contribution is 14.1. The van der Waals surface area contributed by atoms with Crippen LogP contribution in [0, 0.1) is 3.57 Å². The van der Waals surface area contributed by atoms with Gasteiger partial charge in [0, 0.05) is 26.2 Å². The molecular weight excluding hydrogens is 495 g/mol. The molecule has 1 aromatic rings. The van der Waals surface area contributed by atoms with Crippen LogP contribution in [0.1, 0.15) is 0 Å². The maximum Gasteiger partial charge on any atom is 0.236 e. The first kappa shape index (κ1) is 24.3. The van der Waals surface area contributed by atoms with E-state index in [0.717, 1.165) is 29.7 Å². The number of likely N-dealkylation sites (N-methyl/N-ethyl adjacent to an activating group) is 1. The number of methoxy groups -OCH3 is 1. The van der Waals surface area contributed by atoms with Crippen LogP contribution in [-0.4, -0.2) is 113 Å². The standard InChI is InChI=1S/C18H31IN4O6/c1-22-3-5-23(6-4-22)18-20-16(25-2)15(19)17(21-18)29-14-13-28-12-11-27-10-9-26-8-7-24/h24H,3-14H2,1-2H3. The lowest BCUT2D eigenvalue weighted by atomic mass is 10.3. The summed E-state index contributed by atoms with van der Waals surface area (Å²) < 4.78 is 27.9. The molecule has 0 unspecified atom stereocenters. The van der Waals surface area contributed by atoms with Crippen molar-refractivity contribution in [3.05, 3.63) is 3.57 Å². The molecule has 0 aliphatic carbocycles. The fourth-order valence-corrected chi connectivity index (χ4v) is 3.20. The highest BCUT2D eigenvalue weighted by atomic mass is 127. The zero-order valence-corrected chi connectivity index (χ0v) is 19.3. The summed E-state index contributed by atoms with van der Waals surface area (Å²) in [6.45, 7) is 6.73. The molecule has 0 aromatic carbocycles. The third-order valence-corrected chi connectivity index (χ3v) is 5.13. The van der Waals surface area contributed by atoms with Gasteiger partial charge in [0.1, 0.15) is 10.2 Å². The van der Waals surface area contributed by atoms with Crippen molar-refractivity contribution < 1.29 is 28.8 Å². The molecule has 0 saturated carbocycles. The Morgan fingerprint density at radius 2 is 1.41 bits per heavy atom. The van der Waals surface area contributed by atoms with Crippen molar-refractivity contribution in [1.82, 2.24) is 14.9 Å². The SMILES string of the molecule is COc1nc(N2CCN(C)CC2)nc(OCCOCCOCCOCCO)c1I. The number of halogens is 1. The van der Waals surface area contributed by atoms with Crippen molar-refractivity contribution in [2.45, 2.75) is 0 Å². The Labute approximate surface area is 185 Å². The molecule has 0 amide bonds. The van der Waals surface area contributed by atoms with E-state index < -0.39 is 0 Å². The molecule has 1 aromatic heterocycles. The number of ether oxygens (including phenoxy) is 5. The zero-order valence-electron chi connectivity index (χ0n) is 17.1. The van der Waals surface area contributed by atoms with Crippen molar-refractivity contribution in [2.75, 3.05) is 98.1 Å². The Bertz CT molecular complexity index is 590. The maximum absolute atomic E-state index is 8.59. The van der Waals surface area contributed by atoms with Gasteiger partial charge in [-0.25, -0.2) is 0 Å². The van der Waals surface area contributed by atoms with Crippen LogP contribution in [0.25, 0.3) is 0 Å². The molecule has 1 aliphatic rings. The number of aliphatic hydroxyl groups is 1. The second kappa shape index (κ2) is 14.1. The van der Waals surface area contributed by atoms with Gasteiger partial charge in [0.15, 0.2) is 0 Å². The van der Waals surface area contributed by atoms with E-state index in [1.165, 1.54) is 0 Å². The second-order valence-electron chi connectivity index (χ2n) is 6.35. The summed E-state index contributed by atoms with van der Waals surface area (Å²) in [6, 6.07) is 0. The summed E-state index contributed by atoms with van der Waals surface area (Å²) in [6.07, 6.45) is 0. The molecule has 11 heteroatoms. The lowest BCUT2D eigenvalue weighted by molar-refractivity contribution is 0.00337. The summed E-state index contributed by atoms with van der Waals surface area (Å²) in [4.78, 5) is 13.5. The normalized spacial score (nSPS) is 15.0. The number of aromatic nitrogens is 2. The summed E-state index contributed by atoms with van der Waals surface area (Å²) >= 11 is 2.13. The zero-order chi connectivity index (χ0) is 20.9. The van der Waals surface area contributed by atoms with Crippen LogP contribution in [0.15, 0.2) is 0 Å². The molecule has 0 bridgehead atoms. The molecule has 10 nitrogen and oxygen atoms in total. The van der Waals surface area contributed by atoms with Crippen molar-refractivity contribution >= 4 is 28.5 Å². The van der Waals surface area contributed by atoms with Crippen LogP contribution >= 0.6 is 22.6 Å². The molecule has 29 heavy (non-hydrogen) atoms. The fourth-order valence-electron chi connectivity index (χ4n) is 2.58. The predicted molar refractivity (Wildman–Crippen MR) is 116 cm³/mol. The molecule has 1 saturated heterocycles. The summed E-state index contributed by atoms with van der Waals surface area (Å²) in [5, 5.41) is 8.59. The third-order valence-electron chi connectivity index (χ3n) is 4.20. The van der Waals surface area contributed by atoms with Crippen LogP contribution in [-0.2, 0) is 14.2 Å². The van der Waals surface area contributed by atoms with Crippen molar-refractivity contribution in [3.8, 4) is 11.8 Å². The van der Waals surface area contributed by atoms with Gasteiger partial charge in [0.05, 0.1) is 53.4 Å². The fraction of sp³-hybridized carbons (Fsp3) is 0.778. The van der Waals surface area contributed by atoms with Crippen molar-refractivity contribution in [1.29, 1.82) is 0 Å². The van der Waals surface area contributed by atoms with E-state index >= 15 is 0 Å². The molecule has 0 atom stereocenters. The average molecular weight is 526 g/mol. The second-order valence-corrected chi connectivity index (χ2v) is 7.43. The number of nitrogens with zero attached hydrogens (tertiary/aromatic N) is 4. The predicted octanol–water partition coefficient (Wildman–Crippen LogP) is 0.263. The van der Waals surface area contributed by atoms with Crippen LogP contribution in [0.3, 0.4) is 0 Å². The summed E-state index contributed by atoms with van der Waals surface area (Å²) in [5.41, 5.74) is 0. The van der Waals surface area contributed by atoms with Crippen molar-refractivity contribution in [3.63, 3.8) is 0 Å². The minimum atomic E-state index is 0.0249. The molecule has 1 aliphatic heterocycles. The Morgan fingerprint density at radius 3 is 2.00 bits per heavy atom. The van der Waals surface area contributed by atoms with Crippen LogP contribution in [0.4, 0.5) is 5.95 Å². The van der Waals surface area contributed by atoms with Gasteiger partial charge in [-0.2, -0.15) is 9.97 Å². The van der Waals surface area contributed by atoms with Crippen LogP contribution < -0.4 is 14.4 Å². The van der Waals surface area contributed by atoms with Crippen molar-refractivity contribution in [2.24, 2.45) is 0 Å². The van der Waals surface area contributed by atoms with Gasteiger partial charge in [-0.15, -0.1) is 0 Å². The molecule has 2 rings (SSSR count). The van der Waals surface area contributed by atoms with E-state index in [0.29, 0.717) is 64.0 Å². The first-order valence-corrected chi connectivity index (χ1v) is 10.8. The Morgan fingerprint density at radius 1 is 0.862 bits per heavy atom. The first-order valence-electron chi connectivity index (χ1n) is 9.67. The Kier molecular flexibility index (Phi) is 11.8. The Hall–Kier alpha value is -0.990. The third kappa shape index (κ3) is 8.72. The van der Waals surface area contributed by atoms with E-state index in [1.54, 1.807) is 7.11 Å². The highest BCUT2D eigenvalue weighted by Gasteiger charge is 2.21. The number of rotatable bonds is 14. The van der Waals surface area contributed by atoms with E-state index in [2.05, 4.69) is 49.4 Å². The summed E-state index contributed by atoms with van der Waals surface area (Å²) in [7, 11) is 3.71. The van der Waals surface area contributed by atoms with Gasteiger partial charge in [0.25, 0.3) is 0 Å². The van der Waals surface area contributed by atoms with Crippen LogP contribution in [0.5, 0.6) is 11.8 Å². The number of piperazine rings is 1. The van der Waals surface area contributed by atoms with Gasteiger partial charge < -0.3 is 38.6 Å². The summed E-state index contributed by atoms with van der Waals surface area (Å²) in [5.74, 6) is 1.65. The molecule has 166 valence electrons. The number of hydrogen-bond acceptors (Lipinski definition) is 10. The van der Waals surface area contributed by atoms with Gasteiger partial charge in [-0.1, -0.05) is 0 Å². The average Bonchev–Trinajstić information content (AvgIpc) is 2.73. The largest absolute Gasteiger partial charge is 0.480 e. The molecular formula is C18H31IN4O6. The maximum atomic E-state index is 8.59. The Balaban J connectivity index is 1.72. The van der Waals surface area contributed by atoms with E-state index in [9.17, 15) is 0 Å². The molecule has 0 radical (unpaired) electrons. The topological polar surface area (TPSA) is 98.6 Å². The lowest BCUT2D eigenvalue weighted by Gasteiger charge is -2.32. The number of anilines is 1. The van der Waals surface area contributed by atoms with E-state index in [4.69, 9.17) is 28.8 Å². The van der Waals surface area contributed by atoms with Gasteiger partial charge >= 0.3 is 0 Å². The lowest BCUT2D eigenvalue weighted by Crippen LogP contribution is -2.45. The molecule has 1 fully saturated rings. The van der Waals surface area contributed by atoms with Gasteiger partial charge in [-0.05, 0) is 29.6 Å². The highest BCUT2D eigenvalue weighted by Crippen LogP contribution is 2.29. The van der Waals surface area contributed by atoms with Gasteiger partial charge in [0.2, 0.25) is 17.7 Å². The molecule has 0 spiro atoms. The number of aliphatic hydroxyl groups excluding tert-OH is 1. The first-order chi connectivity index (χ1) is 14.2. The van der Waals surface area contributed by atoms with Gasteiger partial charge in [-0.3, -0.25) is 0 Å². The minimum absolute atomic E-state index is 0.0249. The van der Waals surface area contributed by atoms with E-state index in [-0.39, 0.29) is 6.61 Å². The molecule has 1 N–H and O–H groups in total. The smallest absolute Gasteiger partial charge is 0.236 e. The van der Waals surface area contributed by atoms with Crippen LogP contribution in [0.2, 0.25) is 0 Å².